The van der Waals surface area contributed by atoms with Gasteiger partial charge >= 0.3 is 5.69 Å². The molecule has 1 aromatic rings. The Balaban J connectivity index is 1.61. The molecule has 2 heterocycles. The zero-order chi connectivity index (χ0) is 15.9. The predicted octanol–water partition coefficient (Wildman–Crippen LogP) is -0.310. The van der Waals surface area contributed by atoms with Crippen molar-refractivity contribution < 1.29 is 13.2 Å². The van der Waals surface area contributed by atoms with E-state index < -0.39 is 15.1 Å². The van der Waals surface area contributed by atoms with E-state index in [-0.39, 0.29) is 35.2 Å². The summed E-state index contributed by atoms with van der Waals surface area (Å²) in [6.07, 6.45) is 2.36. The number of thioether (sulfide) groups is 1. The molecule has 0 unspecified atom stereocenters. The number of carbonyl (C=O) groups is 1. The summed E-state index contributed by atoms with van der Waals surface area (Å²) in [4.78, 5) is 23.9. The smallest absolute Gasteiger partial charge is 0.344 e. The van der Waals surface area contributed by atoms with Crippen LogP contribution in [-0.2, 0) is 14.6 Å². The quantitative estimate of drug-likeness (QED) is 0.707. The highest BCUT2D eigenvalue weighted by molar-refractivity contribution is 8.00. The van der Waals surface area contributed by atoms with Gasteiger partial charge in [-0.25, -0.2) is 18.3 Å². The van der Waals surface area contributed by atoms with E-state index in [0.29, 0.717) is 11.6 Å². The van der Waals surface area contributed by atoms with E-state index in [0.717, 1.165) is 12.8 Å². The van der Waals surface area contributed by atoms with Gasteiger partial charge in [0.2, 0.25) is 5.91 Å². The molecule has 0 radical (unpaired) electrons. The fourth-order valence-electron chi connectivity index (χ4n) is 2.47. The van der Waals surface area contributed by atoms with Crippen molar-refractivity contribution in [2.45, 2.75) is 48.7 Å². The number of sulfone groups is 1. The summed E-state index contributed by atoms with van der Waals surface area (Å²) >= 11 is 1.21. The molecule has 1 aliphatic carbocycles. The van der Waals surface area contributed by atoms with Crippen molar-refractivity contribution in [3.8, 4) is 0 Å². The number of aromatic nitrogens is 3. The standard InChI is InChI=1S/C12H18N4O4S2/c1-7(10(17)13-8-4-5-22(19,20)6-8)21-12-15-14-11(18)16(12)9-2-3-9/h7-9H,2-6H2,1H3,(H,13,17)(H,14,18)/t7-,8+/m1/s1. The Morgan fingerprint density at radius 3 is 2.77 bits per heavy atom. The number of rotatable bonds is 5. The van der Waals surface area contributed by atoms with Gasteiger partial charge in [-0.3, -0.25) is 9.36 Å². The zero-order valence-electron chi connectivity index (χ0n) is 12.1. The number of aromatic amines is 1. The first-order chi connectivity index (χ1) is 10.4. The van der Waals surface area contributed by atoms with Crippen LogP contribution in [0.5, 0.6) is 0 Å². The first kappa shape index (κ1) is 15.6. The van der Waals surface area contributed by atoms with Crippen molar-refractivity contribution >= 4 is 27.5 Å². The van der Waals surface area contributed by atoms with Gasteiger partial charge in [0.25, 0.3) is 0 Å². The van der Waals surface area contributed by atoms with Gasteiger partial charge in [0.1, 0.15) is 0 Å². The van der Waals surface area contributed by atoms with E-state index >= 15 is 0 Å². The summed E-state index contributed by atoms with van der Waals surface area (Å²) in [5.74, 6) is -0.101. The Bertz CT molecular complexity index is 735. The molecule has 122 valence electrons. The summed E-state index contributed by atoms with van der Waals surface area (Å²) < 4.78 is 24.4. The minimum absolute atomic E-state index is 0.00527. The Labute approximate surface area is 132 Å². The minimum Gasteiger partial charge on any atom is -0.351 e. The van der Waals surface area contributed by atoms with Gasteiger partial charge in [-0.05, 0) is 26.2 Å². The third kappa shape index (κ3) is 3.37. The summed E-state index contributed by atoms with van der Waals surface area (Å²) in [5, 5.41) is 9.20. The largest absolute Gasteiger partial charge is 0.351 e. The van der Waals surface area contributed by atoms with Crippen molar-refractivity contribution in [2.24, 2.45) is 0 Å². The van der Waals surface area contributed by atoms with Gasteiger partial charge in [0, 0.05) is 12.1 Å². The maximum Gasteiger partial charge on any atom is 0.344 e. The second-order valence-electron chi connectivity index (χ2n) is 5.78. The molecular weight excluding hydrogens is 328 g/mol. The average molecular weight is 346 g/mol. The Morgan fingerprint density at radius 2 is 2.18 bits per heavy atom. The second kappa shape index (κ2) is 5.73. The first-order valence-electron chi connectivity index (χ1n) is 7.20. The van der Waals surface area contributed by atoms with Gasteiger partial charge in [0.05, 0.1) is 16.8 Å². The van der Waals surface area contributed by atoms with Crippen LogP contribution in [-0.4, -0.2) is 51.9 Å². The number of nitrogens with one attached hydrogen (secondary N) is 2. The van der Waals surface area contributed by atoms with E-state index in [9.17, 15) is 18.0 Å². The van der Waals surface area contributed by atoms with E-state index in [1.54, 1.807) is 11.5 Å². The van der Waals surface area contributed by atoms with Crippen LogP contribution < -0.4 is 11.0 Å². The zero-order valence-corrected chi connectivity index (χ0v) is 13.7. The molecule has 1 amide bonds. The lowest BCUT2D eigenvalue weighted by Gasteiger charge is -2.15. The van der Waals surface area contributed by atoms with E-state index in [4.69, 9.17) is 0 Å². The van der Waals surface area contributed by atoms with Crippen molar-refractivity contribution in [3.05, 3.63) is 10.5 Å². The maximum absolute atomic E-state index is 12.2. The number of nitrogens with zero attached hydrogens (tertiary/aromatic N) is 2. The molecule has 0 aromatic carbocycles. The summed E-state index contributed by atoms with van der Waals surface area (Å²) in [6.45, 7) is 1.72. The summed E-state index contributed by atoms with van der Waals surface area (Å²) in [7, 11) is -3.02. The van der Waals surface area contributed by atoms with Gasteiger partial charge in [0.15, 0.2) is 15.0 Å². The lowest BCUT2D eigenvalue weighted by atomic mass is 10.2. The Hall–Kier alpha value is -1.29. The fraction of sp³-hybridized carbons (Fsp3) is 0.750. The monoisotopic (exact) mass is 346 g/mol. The molecule has 2 aliphatic rings. The molecule has 2 N–H and O–H groups in total. The predicted molar refractivity (Wildman–Crippen MR) is 81.6 cm³/mol. The highest BCUT2D eigenvalue weighted by Gasteiger charge is 2.32. The molecule has 0 bridgehead atoms. The summed E-state index contributed by atoms with van der Waals surface area (Å²) in [6, 6.07) is -0.130. The summed E-state index contributed by atoms with van der Waals surface area (Å²) in [5.41, 5.74) is -0.250. The first-order valence-corrected chi connectivity index (χ1v) is 9.90. The number of amides is 1. The van der Waals surface area contributed by atoms with Gasteiger partial charge in [-0.15, -0.1) is 5.10 Å². The third-order valence-corrected chi connectivity index (χ3v) is 6.65. The lowest BCUT2D eigenvalue weighted by Crippen LogP contribution is -2.40. The lowest BCUT2D eigenvalue weighted by molar-refractivity contribution is -0.120. The molecule has 1 aromatic heterocycles. The van der Waals surface area contributed by atoms with Crippen molar-refractivity contribution in [1.82, 2.24) is 20.1 Å². The molecule has 22 heavy (non-hydrogen) atoms. The number of carbonyl (C=O) groups excluding carboxylic acids is 1. The van der Waals surface area contributed by atoms with Crippen LogP contribution in [0.4, 0.5) is 0 Å². The molecule has 2 fully saturated rings. The van der Waals surface area contributed by atoms with E-state index in [1.165, 1.54) is 11.8 Å². The molecular formula is C12H18N4O4S2. The van der Waals surface area contributed by atoms with Crippen LogP contribution in [0.1, 0.15) is 32.2 Å². The molecule has 2 atom stereocenters. The molecule has 1 saturated heterocycles. The van der Waals surface area contributed by atoms with Gasteiger partial charge in [-0.2, -0.15) is 0 Å². The average Bonchev–Trinajstić information content (AvgIpc) is 3.12. The number of hydrogen-bond acceptors (Lipinski definition) is 6. The normalized spacial score (nSPS) is 25.0. The van der Waals surface area contributed by atoms with Crippen molar-refractivity contribution in [2.75, 3.05) is 11.5 Å². The van der Waals surface area contributed by atoms with E-state index in [2.05, 4.69) is 15.5 Å². The molecule has 10 heteroatoms. The number of hydrogen-bond donors (Lipinski definition) is 2. The Kier molecular flexibility index (Phi) is 4.06. The molecule has 1 saturated carbocycles. The topological polar surface area (TPSA) is 114 Å². The van der Waals surface area contributed by atoms with Gasteiger partial charge in [-0.1, -0.05) is 11.8 Å². The van der Waals surface area contributed by atoms with Crippen LogP contribution >= 0.6 is 11.8 Å². The van der Waals surface area contributed by atoms with Crippen molar-refractivity contribution in [1.29, 1.82) is 0 Å². The number of H-pyrrole nitrogens is 1. The molecule has 3 rings (SSSR count). The van der Waals surface area contributed by atoms with Crippen LogP contribution in [0.15, 0.2) is 9.95 Å². The third-order valence-electron chi connectivity index (χ3n) is 3.81. The van der Waals surface area contributed by atoms with Crippen LogP contribution in [0.3, 0.4) is 0 Å². The van der Waals surface area contributed by atoms with E-state index in [1.807, 2.05) is 0 Å². The highest BCUT2D eigenvalue weighted by atomic mass is 32.2. The molecule has 1 aliphatic heterocycles. The van der Waals surface area contributed by atoms with Crippen molar-refractivity contribution in [3.63, 3.8) is 0 Å². The maximum atomic E-state index is 12.2. The van der Waals surface area contributed by atoms with Crippen LogP contribution in [0.2, 0.25) is 0 Å². The van der Waals surface area contributed by atoms with Crippen LogP contribution in [0.25, 0.3) is 0 Å². The fourth-order valence-corrected chi connectivity index (χ4v) is 5.08. The molecule has 0 spiro atoms. The van der Waals surface area contributed by atoms with Gasteiger partial charge < -0.3 is 5.32 Å². The Morgan fingerprint density at radius 1 is 1.45 bits per heavy atom. The highest BCUT2D eigenvalue weighted by Crippen LogP contribution is 2.36. The minimum atomic E-state index is -3.02. The van der Waals surface area contributed by atoms with Crippen LogP contribution in [0, 0.1) is 0 Å². The second-order valence-corrected chi connectivity index (χ2v) is 9.32. The molecule has 8 nitrogen and oxygen atoms in total. The SMILES string of the molecule is C[C@@H](Sc1n[nH]c(=O)n1C1CC1)C(=O)N[C@H]1CCS(=O)(=O)C1.